The van der Waals surface area contributed by atoms with E-state index in [0.717, 1.165) is 16.5 Å². The molecule has 2 aromatic carbocycles. The van der Waals surface area contributed by atoms with Gasteiger partial charge in [-0.25, -0.2) is 0 Å². The van der Waals surface area contributed by atoms with Crippen LogP contribution in [0.15, 0.2) is 40.9 Å². The second-order valence-electron chi connectivity index (χ2n) is 6.00. The third kappa shape index (κ3) is 6.42. The fourth-order valence-electron chi connectivity index (χ4n) is 2.43. The van der Waals surface area contributed by atoms with Crippen molar-refractivity contribution in [3.05, 3.63) is 52.0 Å². The van der Waals surface area contributed by atoms with E-state index >= 15 is 0 Å². The quantitative estimate of drug-likeness (QED) is 0.518. The molecule has 0 fully saturated rings. The second kappa shape index (κ2) is 11.6. The van der Waals surface area contributed by atoms with Crippen molar-refractivity contribution >= 4 is 21.8 Å². The Bertz CT molecular complexity index is 781. The standard InChI is InChI=1S/C21H26BrNO5/c1-4-9-27-19-7-5-15(12-20(19)26-3)14-23-21(24)16-6-8-18(17(22)13-16)28-11-10-25-2/h5-8,12-13H,4,9-11,14H2,1-3H3,(H,23,24). The highest BCUT2D eigenvalue weighted by Crippen LogP contribution is 2.28. The maximum Gasteiger partial charge on any atom is 0.251 e. The van der Waals surface area contributed by atoms with Gasteiger partial charge in [0, 0.05) is 19.2 Å². The largest absolute Gasteiger partial charge is 0.493 e. The van der Waals surface area contributed by atoms with Gasteiger partial charge in [0.2, 0.25) is 0 Å². The summed E-state index contributed by atoms with van der Waals surface area (Å²) >= 11 is 3.43. The highest BCUT2D eigenvalue weighted by molar-refractivity contribution is 9.10. The highest BCUT2D eigenvalue weighted by Gasteiger charge is 2.11. The van der Waals surface area contributed by atoms with Crippen molar-refractivity contribution < 1.29 is 23.7 Å². The molecule has 0 spiro atoms. The molecule has 0 aliphatic heterocycles. The minimum absolute atomic E-state index is 0.172. The minimum atomic E-state index is -0.172. The molecule has 0 saturated carbocycles. The van der Waals surface area contributed by atoms with Gasteiger partial charge in [-0.1, -0.05) is 13.0 Å². The van der Waals surface area contributed by atoms with E-state index in [-0.39, 0.29) is 5.91 Å². The van der Waals surface area contributed by atoms with Gasteiger partial charge >= 0.3 is 0 Å². The summed E-state index contributed by atoms with van der Waals surface area (Å²) in [6.45, 7) is 4.01. The molecule has 1 N–H and O–H groups in total. The Morgan fingerprint density at radius 3 is 2.39 bits per heavy atom. The lowest BCUT2D eigenvalue weighted by Gasteiger charge is -2.13. The normalized spacial score (nSPS) is 10.4. The average molecular weight is 452 g/mol. The zero-order valence-corrected chi connectivity index (χ0v) is 18.0. The Hall–Kier alpha value is -2.25. The van der Waals surface area contributed by atoms with Crippen LogP contribution in [-0.4, -0.2) is 39.9 Å². The van der Waals surface area contributed by atoms with E-state index in [1.54, 1.807) is 32.4 Å². The van der Waals surface area contributed by atoms with Gasteiger partial charge in [-0.3, -0.25) is 4.79 Å². The summed E-state index contributed by atoms with van der Waals surface area (Å²) in [5.41, 5.74) is 1.47. The molecule has 2 rings (SSSR count). The molecule has 28 heavy (non-hydrogen) atoms. The second-order valence-corrected chi connectivity index (χ2v) is 6.86. The lowest BCUT2D eigenvalue weighted by Crippen LogP contribution is -2.22. The van der Waals surface area contributed by atoms with Crippen LogP contribution in [0, 0.1) is 0 Å². The number of ether oxygens (including phenoxy) is 4. The molecule has 1 amide bonds. The van der Waals surface area contributed by atoms with E-state index < -0.39 is 0 Å². The fraction of sp³-hybridized carbons (Fsp3) is 0.381. The van der Waals surface area contributed by atoms with Crippen LogP contribution in [0.3, 0.4) is 0 Å². The number of carbonyl (C=O) groups excluding carboxylic acids is 1. The summed E-state index contributed by atoms with van der Waals surface area (Å²) in [4.78, 5) is 12.5. The zero-order chi connectivity index (χ0) is 20.4. The number of rotatable bonds is 11. The minimum Gasteiger partial charge on any atom is -0.493 e. The summed E-state index contributed by atoms with van der Waals surface area (Å²) in [5.74, 6) is 1.85. The van der Waals surface area contributed by atoms with Crippen LogP contribution in [0.4, 0.5) is 0 Å². The third-order valence-corrected chi connectivity index (χ3v) is 4.50. The molecule has 0 atom stereocenters. The molecule has 0 saturated heterocycles. The molecule has 0 aromatic heterocycles. The Kier molecular flexibility index (Phi) is 9.10. The SMILES string of the molecule is CCCOc1ccc(CNC(=O)c2ccc(OCCOC)c(Br)c2)cc1OC. The Morgan fingerprint density at radius 1 is 0.964 bits per heavy atom. The van der Waals surface area contributed by atoms with Crippen molar-refractivity contribution in [1.82, 2.24) is 5.32 Å². The van der Waals surface area contributed by atoms with Crippen LogP contribution in [0.5, 0.6) is 17.2 Å². The van der Waals surface area contributed by atoms with Crippen LogP contribution < -0.4 is 19.5 Å². The van der Waals surface area contributed by atoms with Gasteiger partial charge in [0.05, 0.1) is 24.8 Å². The van der Waals surface area contributed by atoms with Crippen molar-refractivity contribution in [3.63, 3.8) is 0 Å². The summed E-state index contributed by atoms with van der Waals surface area (Å²) < 4.78 is 22.3. The van der Waals surface area contributed by atoms with Crippen LogP contribution in [0.25, 0.3) is 0 Å². The van der Waals surface area contributed by atoms with Crippen molar-refractivity contribution in [3.8, 4) is 17.2 Å². The van der Waals surface area contributed by atoms with Crippen molar-refractivity contribution in [2.24, 2.45) is 0 Å². The molecule has 152 valence electrons. The maximum atomic E-state index is 12.5. The van der Waals surface area contributed by atoms with Crippen LogP contribution >= 0.6 is 15.9 Å². The first-order valence-electron chi connectivity index (χ1n) is 9.08. The van der Waals surface area contributed by atoms with Crippen molar-refractivity contribution in [1.29, 1.82) is 0 Å². The molecule has 0 bridgehead atoms. The number of hydrogen-bond acceptors (Lipinski definition) is 5. The van der Waals surface area contributed by atoms with Gasteiger partial charge in [0.1, 0.15) is 12.4 Å². The Balaban J connectivity index is 1.97. The number of halogens is 1. The van der Waals surface area contributed by atoms with E-state index in [0.29, 0.717) is 49.2 Å². The lowest BCUT2D eigenvalue weighted by atomic mass is 10.1. The Labute approximate surface area is 174 Å². The average Bonchev–Trinajstić information content (AvgIpc) is 2.71. The van der Waals surface area contributed by atoms with Crippen LogP contribution in [0.1, 0.15) is 29.3 Å². The van der Waals surface area contributed by atoms with Gasteiger partial charge < -0.3 is 24.3 Å². The number of carbonyl (C=O) groups is 1. The fourth-order valence-corrected chi connectivity index (χ4v) is 2.92. The Morgan fingerprint density at radius 2 is 1.71 bits per heavy atom. The molecule has 0 aliphatic carbocycles. The van der Waals surface area contributed by atoms with Gasteiger partial charge in [0.15, 0.2) is 11.5 Å². The first kappa shape index (κ1) is 22.0. The van der Waals surface area contributed by atoms with Crippen LogP contribution in [0.2, 0.25) is 0 Å². The van der Waals surface area contributed by atoms with Gasteiger partial charge in [-0.15, -0.1) is 0 Å². The molecular formula is C21H26BrNO5. The maximum absolute atomic E-state index is 12.5. The summed E-state index contributed by atoms with van der Waals surface area (Å²) in [5, 5.41) is 2.91. The lowest BCUT2D eigenvalue weighted by molar-refractivity contribution is 0.0950. The summed E-state index contributed by atoms with van der Waals surface area (Å²) in [6.07, 6.45) is 0.923. The molecule has 0 heterocycles. The van der Waals surface area contributed by atoms with E-state index in [2.05, 4.69) is 21.2 Å². The number of nitrogens with one attached hydrogen (secondary N) is 1. The highest BCUT2D eigenvalue weighted by atomic mass is 79.9. The number of methoxy groups -OCH3 is 2. The number of hydrogen-bond donors (Lipinski definition) is 1. The zero-order valence-electron chi connectivity index (χ0n) is 16.4. The monoisotopic (exact) mass is 451 g/mol. The van der Waals surface area contributed by atoms with E-state index in [9.17, 15) is 4.79 Å². The molecule has 2 aromatic rings. The van der Waals surface area contributed by atoms with Crippen LogP contribution in [-0.2, 0) is 11.3 Å². The summed E-state index contributed by atoms with van der Waals surface area (Å²) in [6, 6.07) is 10.9. The van der Waals surface area contributed by atoms with E-state index in [1.165, 1.54) is 0 Å². The molecule has 0 aliphatic rings. The molecule has 0 radical (unpaired) electrons. The van der Waals surface area contributed by atoms with Crippen molar-refractivity contribution in [2.45, 2.75) is 19.9 Å². The van der Waals surface area contributed by atoms with E-state index in [4.69, 9.17) is 18.9 Å². The topological polar surface area (TPSA) is 66.0 Å². The first-order chi connectivity index (χ1) is 13.6. The third-order valence-electron chi connectivity index (χ3n) is 3.88. The number of benzene rings is 2. The van der Waals surface area contributed by atoms with Gasteiger partial charge in [0.25, 0.3) is 5.91 Å². The first-order valence-corrected chi connectivity index (χ1v) is 9.87. The van der Waals surface area contributed by atoms with Gasteiger partial charge in [-0.05, 0) is 58.2 Å². The predicted molar refractivity (Wildman–Crippen MR) is 111 cm³/mol. The van der Waals surface area contributed by atoms with Gasteiger partial charge in [-0.2, -0.15) is 0 Å². The number of amides is 1. The molecule has 6 nitrogen and oxygen atoms in total. The van der Waals surface area contributed by atoms with E-state index in [1.807, 2.05) is 25.1 Å². The molecule has 0 unspecified atom stereocenters. The predicted octanol–water partition coefficient (Wildman–Crippen LogP) is 4.20. The molecule has 7 heteroatoms. The smallest absolute Gasteiger partial charge is 0.251 e. The van der Waals surface area contributed by atoms with Crippen molar-refractivity contribution in [2.75, 3.05) is 34.0 Å². The molecular weight excluding hydrogens is 426 g/mol. The summed E-state index contributed by atoms with van der Waals surface area (Å²) in [7, 11) is 3.22.